The van der Waals surface area contributed by atoms with Crippen LogP contribution in [-0.4, -0.2) is 11.1 Å². The standard InChI is InChI=1S/C14H16O3/c1-9-7-10-5-4-6-11(12(10)17-9)8-14(2,3)13(15)16/h4-7H,8H2,1-3H3,(H,15,16). The molecule has 0 amide bonds. The van der Waals surface area contributed by atoms with Crippen molar-refractivity contribution in [2.24, 2.45) is 5.41 Å². The van der Waals surface area contributed by atoms with E-state index in [0.717, 1.165) is 22.3 Å². The minimum atomic E-state index is -0.794. The molecule has 2 aromatic rings. The number of benzene rings is 1. The lowest BCUT2D eigenvalue weighted by Crippen LogP contribution is -2.26. The average Bonchev–Trinajstić information content (AvgIpc) is 2.59. The number of carboxylic acid groups (broad SMARTS) is 1. The number of rotatable bonds is 3. The van der Waals surface area contributed by atoms with Crippen molar-refractivity contribution in [2.45, 2.75) is 27.2 Å². The Labute approximate surface area is 100 Å². The summed E-state index contributed by atoms with van der Waals surface area (Å²) < 4.78 is 5.63. The Kier molecular flexibility index (Phi) is 2.69. The molecule has 1 N–H and O–H groups in total. The van der Waals surface area contributed by atoms with E-state index in [0.29, 0.717) is 6.42 Å². The van der Waals surface area contributed by atoms with E-state index < -0.39 is 11.4 Å². The molecule has 0 aliphatic heterocycles. The molecular formula is C14H16O3. The van der Waals surface area contributed by atoms with Gasteiger partial charge in [0.05, 0.1) is 5.41 Å². The average molecular weight is 232 g/mol. The van der Waals surface area contributed by atoms with Gasteiger partial charge in [0.2, 0.25) is 0 Å². The maximum atomic E-state index is 11.1. The van der Waals surface area contributed by atoms with Crippen LogP contribution in [0.3, 0.4) is 0 Å². The van der Waals surface area contributed by atoms with Gasteiger partial charge >= 0.3 is 5.97 Å². The van der Waals surface area contributed by atoms with E-state index in [4.69, 9.17) is 9.52 Å². The van der Waals surface area contributed by atoms with Gasteiger partial charge in [0.1, 0.15) is 11.3 Å². The highest BCUT2D eigenvalue weighted by Gasteiger charge is 2.28. The van der Waals surface area contributed by atoms with Gasteiger partial charge in [0.25, 0.3) is 0 Å². The van der Waals surface area contributed by atoms with Gasteiger partial charge < -0.3 is 9.52 Å². The zero-order chi connectivity index (χ0) is 12.6. The van der Waals surface area contributed by atoms with Crippen LogP contribution in [-0.2, 0) is 11.2 Å². The first-order chi connectivity index (χ1) is 7.90. The maximum Gasteiger partial charge on any atom is 0.309 e. The highest BCUT2D eigenvalue weighted by molar-refractivity contribution is 5.82. The fourth-order valence-corrected chi connectivity index (χ4v) is 1.94. The molecule has 2 rings (SSSR count). The van der Waals surface area contributed by atoms with Crippen LogP contribution >= 0.6 is 0 Å². The number of hydrogen-bond acceptors (Lipinski definition) is 2. The van der Waals surface area contributed by atoms with Crippen LogP contribution in [0.15, 0.2) is 28.7 Å². The van der Waals surface area contributed by atoms with Gasteiger partial charge in [0, 0.05) is 5.39 Å². The summed E-state index contributed by atoms with van der Waals surface area (Å²) in [6, 6.07) is 7.80. The number of carbonyl (C=O) groups is 1. The number of carboxylic acids is 1. The van der Waals surface area contributed by atoms with Crippen molar-refractivity contribution in [3.05, 3.63) is 35.6 Å². The number of aryl methyl sites for hydroxylation is 1. The first kappa shape index (κ1) is 11.7. The van der Waals surface area contributed by atoms with Crippen molar-refractivity contribution in [1.82, 2.24) is 0 Å². The second-order valence-corrected chi connectivity index (χ2v) is 5.06. The second-order valence-electron chi connectivity index (χ2n) is 5.06. The third-order valence-electron chi connectivity index (χ3n) is 2.96. The second kappa shape index (κ2) is 3.91. The predicted molar refractivity (Wildman–Crippen MR) is 66.1 cm³/mol. The summed E-state index contributed by atoms with van der Waals surface area (Å²) in [5.41, 5.74) is 0.969. The summed E-state index contributed by atoms with van der Waals surface area (Å²) >= 11 is 0. The number of fused-ring (bicyclic) bond motifs is 1. The molecule has 0 spiro atoms. The molecule has 0 aliphatic carbocycles. The Morgan fingerprint density at radius 3 is 2.76 bits per heavy atom. The minimum Gasteiger partial charge on any atom is -0.481 e. The topological polar surface area (TPSA) is 50.4 Å². The largest absolute Gasteiger partial charge is 0.481 e. The molecular weight excluding hydrogens is 216 g/mol. The van der Waals surface area contributed by atoms with E-state index >= 15 is 0 Å². The molecule has 3 nitrogen and oxygen atoms in total. The molecule has 0 radical (unpaired) electrons. The monoisotopic (exact) mass is 232 g/mol. The SMILES string of the molecule is Cc1cc2cccc(CC(C)(C)C(=O)O)c2o1. The molecule has 0 aliphatic rings. The Balaban J connectivity index is 2.46. The summed E-state index contributed by atoms with van der Waals surface area (Å²) in [5.74, 6) is 0.0540. The molecule has 0 fully saturated rings. The van der Waals surface area contributed by atoms with E-state index in [1.807, 2.05) is 31.2 Å². The molecule has 0 atom stereocenters. The molecule has 0 unspecified atom stereocenters. The zero-order valence-electron chi connectivity index (χ0n) is 10.3. The number of para-hydroxylation sites is 1. The van der Waals surface area contributed by atoms with Crippen molar-refractivity contribution in [1.29, 1.82) is 0 Å². The Hall–Kier alpha value is -1.77. The van der Waals surface area contributed by atoms with E-state index in [1.165, 1.54) is 0 Å². The van der Waals surface area contributed by atoms with Crippen LogP contribution in [0.1, 0.15) is 25.2 Å². The van der Waals surface area contributed by atoms with Gasteiger partial charge in [0.15, 0.2) is 0 Å². The third kappa shape index (κ3) is 2.18. The van der Waals surface area contributed by atoms with Gasteiger partial charge in [-0.25, -0.2) is 0 Å². The Morgan fingerprint density at radius 2 is 2.12 bits per heavy atom. The Morgan fingerprint density at radius 1 is 1.41 bits per heavy atom. The first-order valence-electron chi connectivity index (χ1n) is 5.61. The van der Waals surface area contributed by atoms with Crippen LogP contribution in [0.25, 0.3) is 11.0 Å². The normalized spacial score (nSPS) is 11.9. The van der Waals surface area contributed by atoms with E-state index in [-0.39, 0.29) is 0 Å². The fraction of sp³-hybridized carbons (Fsp3) is 0.357. The summed E-state index contributed by atoms with van der Waals surface area (Å²) in [5, 5.41) is 10.2. The quantitative estimate of drug-likeness (QED) is 0.882. The van der Waals surface area contributed by atoms with E-state index in [1.54, 1.807) is 13.8 Å². The van der Waals surface area contributed by atoms with Gasteiger partial charge in [-0.15, -0.1) is 0 Å². The molecule has 1 heterocycles. The van der Waals surface area contributed by atoms with Crippen LogP contribution in [0.5, 0.6) is 0 Å². The summed E-state index contributed by atoms with van der Waals surface area (Å²) in [4.78, 5) is 11.1. The van der Waals surface area contributed by atoms with Crippen LogP contribution in [0, 0.1) is 12.3 Å². The van der Waals surface area contributed by atoms with Crippen LogP contribution in [0.2, 0.25) is 0 Å². The van der Waals surface area contributed by atoms with Gasteiger partial charge in [-0.1, -0.05) is 18.2 Å². The van der Waals surface area contributed by atoms with Crippen molar-refractivity contribution >= 4 is 16.9 Å². The van der Waals surface area contributed by atoms with Crippen molar-refractivity contribution in [3.8, 4) is 0 Å². The highest BCUT2D eigenvalue weighted by Crippen LogP contribution is 2.29. The van der Waals surface area contributed by atoms with E-state index in [9.17, 15) is 4.79 Å². The molecule has 1 aromatic heterocycles. The number of aliphatic carboxylic acids is 1. The predicted octanol–water partition coefficient (Wildman–Crippen LogP) is 3.39. The number of hydrogen-bond donors (Lipinski definition) is 1. The molecule has 90 valence electrons. The lowest BCUT2D eigenvalue weighted by molar-refractivity contribution is -0.146. The summed E-state index contributed by atoms with van der Waals surface area (Å²) in [6.45, 7) is 5.35. The summed E-state index contributed by atoms with van der Waals surface area (Å²) in [7, 11) is 0. The molecule has 0 saturated carbocycles. The fourth-order valence-electron chi connectivity index (χ4n) is 1.94. The lowest BCUT2D eigenvalue weighted by atomic mass is 9.85. The van der Waals surface area contributed by atoms with E-state index in [2.05, 4.69) is 0 Å². The maximum absolute atomic E-state index is 11.1. The van der Waals surface area contributed by atoms with Crippen molar-refractivity contribution < 1.29 is 14.3 Å². The summed E-state index contributed by atoms with van der Waals surface area (Å²) in [6.07, 6.45) is 0.465. The molecule has 1 aromatic carbocycles. The van der Waals surface area contributed by atoms with Crippen molar-refractivity contribution in [3.63, 3.8) is 0 Å². The zero-order valence-corrected chi connectivity index (χ0v) is 10.3. The highest BCUT2D eigenvalue weighted by atomic mass is 16.4. The minimum absolute atomic E-state index is 0.465. The smallest absolute Gasteiger partial charge is 0.309 e. The van der Waals surface area contributed by atoms with Crippen molar-refractivity contribution in [2.75, 3.05) is 0 Å². The van der Waals surface area contributed by atoms with Gasteiger partial charge in [-0.2, -0.15) is 0 Å². The third-order valence-corrected chi connectivity index (χ3v) is 2.96. The molecule has 0 bridgehead atoms. The first-order valence-corrected chi connectivity index (χ1v) is 5.61. The molecule has 0 saturated heterocycles. The van der Waals surface area contributed by atoms with Gasteiger partial charge in [-0.3, -0.25) is 4.79 Å². The lowest BCUT2D eigenvalue weighted by Gasteiger charge is -2.18. The number of furan rings is 1. The Bertz CT molecular complexity index is 564. The van der Waals surface area contributed by atoms with Gasteiger partial charge in [-0.05, 0) is 38.8 Å². The molecule has 3 heteroatoms. The van der Waals surface area contributed by atoms with Crippen LogP contribution < -0.4 is 0 Å². The molecule has 17 heavy (non-hydrogen) atoms. The van der Waals surface area contributed by atoms with Crippen LogP contribution in [0.4, 0.5) is 0 Å².